The van der Waals surface area contributed by atoms with E-state index in [1.54, 1.807) is 6.07 Å². The summed E-state index contributed by atoms with van der Waals surface area (Å²) in [6.07, 6.45) is 2.52. The van der Waals surface area contributed by atoms with Gasteiger partial charge in [0, 0.05) is 11.0 Å². The lowest BCUT2D eigenvalue weighted by Crippen LogP contribution is -2.32. The van der Waals surface area contributed by atoms with Gasteiger partial charge >= 0.3 is 0 Å². The van der Waals surface area contributed by atoms with Crippen LogP contribution in [0.4, 0.5) is 4.39 Å². The highest BCUT2D eigenvalue weighted by molar-refractivity contribution is 9.10. The Hall–Kier alpha value is -0.410. The highest BCUT2D eigenvalue weighted by Gasteiger charge is 2.15. The summed E-state index contributed by atoms with van der Waals surface area (Å²) in [6, 6.07) is 5.13. The second-order valence-corrected chi connectivity index (χ2v) is 5.65. The molecule has 16 heavy (non-hydrogen) atoms. The Morgan fingerprint density at radius 3 is 2.62 bits per heavy atom. The number of nitrogens with zero attached hydrogens (tertiary/aromatic N) is 1. The molecule has 3 heteroatoms. The molecular weight excluding hydrogens is 269 g/mol. The van der Waals surface area contributed by atoms with Gasteiger partial charge in [-0.25, -0.2) is 4.39 Å². The molecule has 1 fully saturated rings. The Morgan fingerprint density at radius 1 is 1.31 bits per heavy atom. The molecule has 0 spiro atoms. The zero-order chi connectivity index (χ0) is 11.5. The van der Waals surface area contributed by atoms with Gasteiger partial charge in [-0.2, -0.15) is 0 Å². The van der Waals surface area contributed by atoms with Crippen molar-refractivity contribution in [1.29, 1.82) is 0 Å². The van der Waals surface area contributed by atoms with Crippen LogP contribution in [0.3, 0.4) is 0 Å². The Kier molecular flexibility index (Phi) is 3.98. The van der Waals surface area contributed by atoms with Crippen molar-refractivity contribution in [3.05, 3.63) is 34.1 Å². The van der Waals surface area contributed by atoms with Crippen molar-refractivity contribution in [3.63, 3.8) is 0 Å². The normalized spacial score (nSPS) is 18.9. The molecule has 1 nitrogen and oxygen atoms in total. The van der Waals surface area contributed by atoms with E-state index in [1.807, 2.05) is 6.07 Å². The third-order valence-electron chi connectivity index (χ3n) is 3.20. The van der Waals surface area contributed by atoms with Crippen LogP contribution in [0.5, 0.6) is 0 Å². The van der Waals surface area contributed by atoms with E-state index in [0.29, 0.717) is 0 Å². The van der Waals surface area contributed by atoms with Gasteiger partial charge < -0.3 is 0 Å². The van der Waals surface area contributed by atoms with E-state index in [4.69, 9.17) is 0 Å². The number of hydrogen-bond acceptors (Lipinski definition) is 1. The third kappa shape index (κ3) is 3.29. The van der Waals surface area contributed by atoms with E-state index < -0.39 is 0 Å². The van der Waals surface area contributed by atoms with Crippen LogP contribution in [-0.4, -0.2) is 18.0 Å². The first kappa shape index (κ1) is 12.1. The predicted octanol–water partition coefficient (Wildman–Crippen LogP) is 3.82. The van der Waals surface area contributed by atoms with Crippen molar-refractivity contribution in [1.82, 2.24) is 4.90 Å². The van der Waals surface area contributed by atoms with E-state index in [0.717, 1.165) is 35.6 Å². The topological polar surface area (TPSA) is 3.24 Å². The van der Waals surface area contributed by atoms with Crippen molar-refractivity contribution in [2.45, 2.75) is 26.3 Å². The Balaban J connectivity index is 1.98. The van der Waals surface area contributed by atoms with Crippen molar-refractivity contribution >= 4 is 15.9 Å². The minimum atomic E-state index is -0.158. The smallest absolute Gasteiger partial charge is 0.124 e. The second kappa shape index (κ2) is 5.28. The lowest BCUT2D eigenvalue weighted by atomic mass is 9.99. The Labute approximate surface area is 105 Å². The summed E-state index contributed by atoms with van der Waals surface area (Å²) in [7, 11) is 0. The van der Waals surface area contributed by atoms with Gasteiger partial charge in [0.15, 0.2) is 0 Å². The van der Waals surface area contributed by atoms with Gasteiger partial charge in [0.25, 0.3) is 0 Å². The van der Waals surface area contributed by atoms with Crippen LogP contribution in [0.15, 0.2) is 22.7 Å². The summed E-state index contributed by atoms with van der Waals surface area (Å²) in [5.41, 5.74) is 1.06. The second-order valence-electron chi connectivity index (χ2n) is 4.74. The number of piperidine rings is 1. The maximum atomic E-state index is 13.2. The molecule has 0 N–H and O–H groups in total. The fourth-order valence-electron chi connectivity index (χ4n) is 2.18. The molecule has 0 unspecified atom stereocenters. The molecule has 88 valence electrons. The third-order valence-corrected chi connectivity index (χ3v) is 3.66. The molecule has 0 radical (unpaired) electrons. The summed E-state index contributed by atoms with van der Waals surface area (Å²) in [4.78, 5) is 2.40. The highest BCUT2D eigenvalue weighted by Crippen LogP contribution is 2.20. The van der Waals surface area contributed by atoms with Crippen LogP contribution in [-0.2, 0) is 6.54 Å². The van der Waals surface area contributed by atoms with Crippen molar-refractivity contribution < 1.29 is 4.39 Å². The summed E-state index contributed by atoms with van der Waals surface area (Å²) in [6.45, 7) is 5.43. The minimum absolute atomic E-state index is 0.158. The van der Waals surface area contributed by atoms with Crippen LogP contribution in [0.2, 0.25) is 0 Å². The minimum Gasteiger partial charge on any atom is -0.299 e. The average molecular weight is 286 g/mol. The summed E-state index contributed by atoms with van der Waals surface area (Å²) < 4.78 is 14.0. The molecule has 0 saturated carbocycles. The molecule has 1 saturated heterocycles. The molecule has 0 amide bonds. The zero-order valence-electron chi connectivity index (χ0n) is 9.55. The number of rotatable bonds is 2. The van der Waals surface area contributed by atoms with E-state index in [-0.39, 0.29) is 5.82 Å². The van der Waals surface area contributed by atoms with Gasteiger partial charge in [-0.3, -0.25) is 4.90 Å². The zero-order valence-corrected chi connectivity index (χ0v) is 11.1. The monoisotopic (exact) mass is 285 g/mol. The van der Waals surface area contributed by atoms with Crippen LogP contribution >= 0.6 is 15.9 Å². The molecule has 0 aromatic heterocycles. The van der Waals surface area contributed by atoms with Crippen LogP contribution in [0.1, 0.15) is 25.3 Å². The quantitative estimate of drug-likeness (QED) is 0.799. The van der Waals surface area contributed by atoms with Crippen molar-refractivity contribution in [3.8, 4) is 0 Å². The Morgan fingerprint density at radius 2 is 2.00 bits per heavy atom. The highest BCUT2D eigenvalue weighted by atomic mass is 79.9. The molecule has 1 aliphatic heterocycles. The van der Waals surface area contributed by atoms with Gasteiger partial charge in [0.1, 0.15) is 5.82 Å². The number of hydrogen-bond donors (Lipinski definition) is 0. The van der Waals surface area contributed by atoms with Crippen LogP contribution in [0.25, 0.3) is 0 Å². The molecule has 1 heterocycles. The first-order valence-corrected chi connectivity index (χ1v) is 6.60. The first-order valence-electron chi connectivity index (χ1n) is 5.81. The van der Waals surface area contributed by atoms with Gasteiger partial charge in [-0.1, -0.05) is 22.9 Å². The number of likely N-dealkylation sites (tertiary alicyclic amines) is 1. The van der Waals surface area contributed by atoms with E-state index in [1.165, 1.54) is 18.9 Å². The van der Waals surface area contributed by atoms with Gasteiger partial charge in [0.05, 0.1) is 0 Å². The summed E-state index contributed by atoms with van der Waals surface area (Å²) >= 11 is 3.33. The summed E-state index contributed by atoms with van der Waals surface area (Å²) in [5, 5.41) is 0. The lowest BCUT2D eigenvalue weighted by molar-refractivity contribution is 0.185. The van der Waals surface area contributed by atoms with Crippen LogP contribution in [0, 0.1) is 11.7 Å². The van der Waals surface area contributed by atoms with Gasteiger partial charge in [-0.05, 0) is 55.6 Å². The molecule has 0 aliphatic carbocycles. The average Bonchev–Trinajstić information content (AvgIpc) is 2.20. The molecule has 1 aromatic rings. The molecule has 0 atom stereocenters. The number of benzene rings is 1. The Bertz CT molecular complexity index is 339. The molecule has 0 bridgehead atoms. The fraction of sp³-hybridized carbons (Fsp3) is 0.538. The first-order chi connectivity index (χ1) is 7.63. The van der Waals surface area contributed by atoms with Gasteiger partial charge in [-0.15, -0.1) is 0 Å². The largest absolute Gasteiger partial charge is 0.299 e. The summed E-state index contributed by atoms with van der Waals surface area (Å²) in [5.74, 6) is 0.685. The fourth-order valence-corrected chi connectivity index (χ4v) is 2.69. The van der Waals surface area contributed by atoms with E-state index in [2.05, 4.69) is 27.8 Å². The molecule has 1 aliphatic rings. The van der Waals surface area contributed by atoms with E-state index >= 15 is 0 Å². The lowest BCUT2D eigenvalue weighted by Gasteiger charge is -2.30. The SMILES string of the molecule is CC1CCN(Cc2cc(F)cc(Br)c2)CC1. The molecule has 2 rings (SSSR count). The number of halogens is 2. The maximum absolute atomic E-state index is 13.2. The maximum Gasteiger partial charge on any atom is 0.124 e. The van der Waals surface area contributed by atoms with Gasteiger partial charge in [0.2, 0.25) is 0 Å². The molecule has 1 aromatic carbocycles. The molecular formula is C13H17BrFN. The van der Waals surface area contributed by atoms with E-state index in [9.17, 15) is 4.39 Å². The predicted molar refractivity (Wildman–Crippen MR) is 67.8 cm³/mol. The van der Waals surface area contributed by atoms with Crippen LogP contribution < -0.4 is 0 Å². The standard InChI is InChI=1S/C13H17BrFN/c1-10-2-4-16(5-3-10)9-11-6-12(14)8-13(15)7-11/h6-8,10H,2-5,9H2,1H3. The van der Waals surface area contributed by atoms with Crippen molar-refractivity contribution in [2.75, 3.05) is 13.1 Å². The van der Waals surface area contributed by atoms with Crippen molar-refractivity contribution in [2.24, 2.45) is 5.92 Å².